The predicted octanol–water partition coefficient (Wildman–Crippen LogP) is 1.58. The van der Waals surface area contributed by atoms with Crippen molar-refractivity contribution in [3.8, 4) is 5.88 Å². The van der Waals surface area contributed by atoms with Crippen LogP contribution in [0.1, 0.15) is 12.7 Å². The second-order valence-corrected chi connectivity index (χ2v) is 2.97. The van der Waals surface area contributed by atoms with Gasteiger partial charge in [-0.15, -0.1) is 0 Å². The maximum absolute atomic E-state index is 5.30. The molecule has 0 atom stereocenters. The Balaban J connectivity index is 2.46. The number of hydrogen-bond donors (Lipinski definition) is 0. The van der Waals surface area contributed by atoms with Crippen LogP contribution < -0.4 is 4.74 Å². The minimum absolute atomic E-state index is 0.379. The summed E-state index contributed by atoms with van der Waals surface area (Å²) in [6.45, 7) is 6.55. The summed E-state index contributed by atoms with van der Waals surface area (Å²) in [5.74, 6) is 1.17. The van der Waals surface area contributed by atoms with Crippen molar-refractivity contribution in [3.05, 3.63) is 30.2 Å². The van der Waals surface area contributed by atoms with Gasteiger partial charge in [-0.05, 0) is 6.92 Å². The van der Waals surface area contributed by atoms with Crippen molar-refractivity contribution in [1.82, 2.24) is 9.97 Å². The van der Waals surface area contributed by atoms with Gasteiger partial charge in [0.25, 0.3) is 0 Å². The number of rotatable bonds is 5. The van der Waals surface area contributed by atoms with Crippen LogP contribution >= 0.6 is 0 Å². The maximum atomic E-state index is 5.30. The fourth-order valence-electron chi connectivity index (χ4n) is 0.880. The van der Waals surface area contributed by atoms with Gasteiger partial charge in [0.05, 0.1) is 13.7 Å². The van der Waals surface area contributed by atoms with E-state index in [1.54, 1.807) is 19.4 Å². The van der Waals surface area contributed by atoms with Crippen LogP contribution in [0.4, 0.5) is 0 Å². The van der Waals surface area contributed by atoms with Crippen LogP contribution in [0.2, 0.25) is 0 Å². The zero-order chi connectivity index (χ0) is 10.4. The van der Waals surface area contributed by atoms with E-state index in [1.807, 2.05) is 6.92 Å². The van der Waals surface area contributed by atoms with Gasteiger partial charge < -0.3 is 9.47 Å². The van der Waals surface area contributed by atoms with Crippen LogP contribution in [0, 0.1) is 0 Å². The summed E-state index contributed by atoms with van der Waals surface area (Å²) in [6, 6.07) is 1.70. The van der Waals surface area contributed by atoms with Crippen LogP contribution in [-0.2, 0) is 11.3 Å². The lowest BCUT2D eigenvalue weighted by molar-refractivity contribution is 0.136. The summed E-state index contributed by atoms with van der Waals surface area (Å²) < 4.78 is 10.3. The summed E-state index contributed by atoms with van der Waals surface area (Å²) in [5.41, 5.74) is 0.980. The molecule has 0 saturated carbocycles. The second kappa shape index (κ2) is 5.34. The van der Waals surface area contributed by atoms with Crippen molar-refractivity contribution >= 4 is 0 Å². The van der Waals surface area contributed by atoms with Gasteiger partial charge in [0.1, 0.15) is 6.61 Å². The Hall–Kier alpha value is -1.42. The third-order valence-electron chi connectivity index (χ3n) is 1.47. The van der Waals surface area contributed by atoms with Gasteiger partial charge >= 0.3 is 0 Å². The van der Waals surface area contributed by atoms with Gasteiger partial charge in [0, 0.05) is 12.3 Å². The molecule has 0 aliphatic rings. The third kappa shape index (κ3) is 3.53. The van der Waals surface area contributed by atoms with Crippen molar-refractivity contribution in [1.29, 1.82) is 0 Å². The zero-order valence-electron chi connectivity index (χ0n) is 8.49. The predicted molar refractivity (Wildman–Crippen MR) is 53.1 cm³/mol. The average Bonchev–Trinajstić information content (AvgIpc) is 2.18. The molecule has 0 amide bonds. The highest BCUT2D eigenvalue weighted by Gasteiger charge is 1.98. The van der Waals surface area contributed by atoms with Crippen molar-refractivity contribution in [3.63, 3.8) is 0 Å². The minimum atomic E-state index is 0.379. The first kappa shape index (κ1) is 10.7. The summed E-state index contributed by atoms with van der Waals surface area (Å²) >= 11 is 0. The molecule has 0 aliphatic heterocycles. The smallest absolute Gasteiger partial charge is 0.216 e. The molecular weight excluding hydrogens is 180 g/mol. The number of hydrogen-bond acceptors (Lipinski definition) is 4. The molecule has 0 unspecified atom stereocenters. The summed E-state index contributed by atoms with van der Waals surface area (Å²) in [4.78, 5) is 8.14. The maximum Gasteiger partial charge on any atom is 0.216 e. The number of methoxy groups -OCH3 is 1. The lowest BCUT2D eigenvalue weighted by Gasteiger charge is -2.03. The Morgan fingerprint density at radius 2 is 2.36 bits per heavy atom. The second-order valence-electron chi connectivity index (χ2n) is 2.97. The van der Waals surface area contributed by atoms with E-state index in [1.165, 1.54) is 0 Å². The first-order chi connectivity index (χ1) is 6.72. The summed E-state index contributed by atoms with van der Waals surface area (Å²) in [5, 5.41) is 0. The highest BCUT2D eigenvalue weighted by Crippen LogP contribution is 2.04. The molecule has 0 bridgehead atoms. The van der Waals surface area contributed by atoms with Gasteiger partial charge in [-0.25, -0.2) is 4.98 Å². The molecule has 1 heterocycles. The van der Waals surface area contributed by atoms with Gasteiger partial charge in [-0.2, -0.15) is 4.98 Å². The Bertz CT molecular complexity index is 313. The molecule has 14 heavy (non-hydrogen) atoms. The molecule has 0 radical (unpaired) electrons. The molecule has 1 aromatic heterocycles. The van der Waals surface area contributed by atoms with Crippen molar-refractivity contribution in [2.75, 3.05) is 13.7 Å². The Kier molecular flexibility index (Phi) is 4.07. The number of nitrogens with zero attached hydrogens (tertiary/aromatic N) is 2. The Morgan fingerprint density at radius 3 is 3.00 bits per heavy atom. The van der Waals surface area contributed by atoms with Gasteiger partial charge in [-0.1, -0.05) is 12.2 Å². The quantitative estimate of drug-likeness (QED) is 0.667. The molecule has 0 saturated heterocycles. The van der Waals surface area contributed by atoms with E-state index in [-0.39, 0.29) is 0 Å². The van der Waals surface area contributed by atoms with Gasteiger partial charge in [0.2, 0.25) is 5.88 Å². The first-order valence-electron chi connectivity index (χ1n) is 4.30. The number of aromatic nitrogens is 2. The van der Waals surface area contributed by atoms with Crippen LogP contribution in [0.25, 0.3) is 0 Å². The lowest BCUT2D eigenvalue weighted by atomic mass is 10.4. The molecule has 4 nitrogen and oxygen atoms in total. The molecule has 0 N–H and O–H groups in total. The topological polar surface area (TPSA) is 44.2 Å². The minimum Gasteiger partial charge on any atom is -0.481 e. The van der Waals surface area contributed by atoms with Gasteiger partial charge in [-0.3, -0.25) is 0 Å². The molecular formula is C10H14N2O2. The van der Waals surface area contributed by atoms with E-state index in [4.69, 9.17) is 9.47 Å². The van der Waals surface area contributed by atoms with Crippen molar-refractivity contribution in [2.24, 2.45) is 0 Å². The molecule has 0 spiro atoms. The van der Waals surface area contributed by atoms with Crippen LogP contribution in [0.3, 0.4) is 0 Å². The van der Waals surface area contributed by atoms with Crippen LogP contribution in [0.5, 0.6) is 5.88 Å². The fourth-order valence-corrected chi connectivity index (χ4v) is 0.880. The molecule has 76 valence electrons. The zero-order valence-corrected chi connectivity index (χ0v) is 8.49. The van der Waals surface area contributed by atoms with E-state index in [0.29, 0.717) is 24.9 Å². The van der Waals surface area contributed by atoms with E-state index >= 15 is 0 Å². The first-order valence-corrected chi connectivity index (χ1v) is 4.30. The third-order valence-corrected chi connectivity index (χ3v) is 1.47. The standard InChI is InChI=1S/C10H14N2O2/c1-8(2)6-14-7-9-11-5-4-10(12-9)13-3/h4-5H,1,6-7H2,2-3H3. The van der Waals surface area contributed by atoms with Crippen LogP contribution in [-0.4, -0.2) is 23.7 Å². The van der Waals surface area contributed by atoms with E-state index in [0.717, 1.165) is 5.57 Å². The Labute approximate surface area is 83.6 Å². The van der Waals surface area contributed by atoms with Crippen molar-refractivity contribution in [2.45, 2.75) is 13.5 Å². The Morgan fingerprint density at radius 1 is 1.57 bits per heavy atom. The monoisotopic (exact) mass is 194 g/mol. The summed E-state index contributed by atoms with van der Waals surface area (Å²) in [7, 11) is 1.57. The lowest BCUT2D eigenvalue weighted by Crippen LogP contribution is -2.01. The summed E-state index contributed by atoms with van der Waals surface area (Å²) in [6.07, 6.45) is 1.64. The van der Waals surface area contributed by atoms with Crippen LogP contribution in [0.15, 0.2) is 24.4 Å². The largest absolute Gasteiger partial charge is 0.481 e. The molecule has 0 aromatic carbocycles. The molecule has 4 heteroatoms. The van der Waals surface area contributed by atoms with E-state index in [9.17, 15) is 0 Å². The molecule has 1 rings (SSSR count). The molecule has 0 aliphatic carbocycles. The fraction of sp³-hybridized carbons (Fsp3) is 0.400. The highest BCUT2D eigenvalue weighted by atomic mass is 16.5. The molecule has 1 aromatic rings. The van der Waals surface area contributed by atoms with E-state index < -0.39 is 0 Å². The SMILES string of the molecule is C=C(C)COCc1nccc(OC)n1. The molecule has 0 fully saturated rings. The van der Waals surface area contributed by atoms with Crippen molar-refractivity contribution < 1.29 is 9.47 Å². The number of ether oxygens (including phenoxy) is 2. The normalized spacial score (nSPS) is 9.86. The average molecular weight is 194 g/mol. The van der Waals surface area contributed by atoms with E-state index in [2.05, 4.69) is 16.5 Å². The highest BCUT2D eigenvalue weighted by molar-refractivity contribution is 5.07. The van der Waals surface area contributed by atoms with Gasteiger partial charge in [0.15, 0.2) is 5.82 Å².